The van der Waals surface area contributed by atoms with Crippen LogP contribution in [0, 0.1) is 12.3 Å². The molecule has 0 saturated carbocycles. The predicted octanol–water partition coefficient (Wildman–Crippen LogP) is 1.83. The number of benzene rings is 1. The molecule has 0 spiro atoms. The van der Waals surface area contributed by atoms with E-state index in [1.165, 1.54) is 24.0 Å². The Morgan fingerprint density at radius 3 is 2.43 bits per heavy atom. The van der Waals surface area contributed by atoms with E-state index in [2.05, 4.69) is 35.5 Å². The van der Waals surface area contributed by atoms with E-state index in [1.54, 1.807) is 0 Å². The van der Waals surface area contributed by atoms with Crippen LogP contribution in [-0.4, -0.2) is 28.7 Å². The summed E-state index contributed by atoms with van der Waals surface area (Å²) in [5.41, 5.74) is 2.90. The summed E-state index contributed by atoms with van der Waals surface area (Å²) in [6, 6.07) is 9.06. The zero-order valence-electron chi connectivity index (χ0n) is 11.7. The van der Waals surface area contributed by atoms with Crippen LogP contribution in [-0.2, 0) is 16.0 Å². The molecule has 0 aliphatic heterocycles. The number of carboxylic acids is 2. The number of rotatable bonds is 5. The van der Waals surface area contributed by atoms with Gasteiger partial charge in [0.1, 0.15) is 0 Å². The van der Waals surface area contributed by atoms with Gasteiger partial charge < -0.3 is 10.2 Å². The van der Waals surface area contributed by atoms with Crippen LogP contribution in [0.1, 0.15) is 36.4 Å². The van der Waals surface area contributed by atoms with E-state index in [-0.39, 0.29) is 12.8 Å². The fourth-order valence-electron chi connectivity index (χ4n) is 2.17. The van der Waals surface area contributed by atoms with Crippen molar-refractivity contribution >= 4 is 11.9 Å². The molecular weight excluding hydrogens is 270 g/mol. The first-order valence-electron chi connectivity index (χ1n) is 6.72. The number of fused-ring (bicyclic) bond motifs is 1. The highest BCUT2D eigenvalue weighted by atomic mass is 16.4. The minimum absolute atomic E-state index is 0.296. The molecule has 0 fully saturated rings. The Morgan fingerprint density at radius 1 is 1.24 bits per heavy atom. The molecular formula is C16H19NO4. The number of carboxylic acid groups (broad SMARTS) is 2. The van der Waals surface area contributed by atoms with E-state index >= 15 is 0 Å². The lowest BCUT2D eigenvalue weighted by molar-refractivity contribution is -0.143. The number of nitrogens with one attached hydrogen (secondary N) is 1. The van der Waals surface area contributed by atoms with Gasteiger partial charge in [0.15, 0.2) is 0 Å². The van der Waals surface area contributed by atoms with Gasteiger partial charge in [0.05, 0.1) is 19.4 Å². The zero-order chi connectivity index (χ0) is 15.7. The van der Waals surface area contributed by atoms with Crippen LogP contribution in [0.25, 0.3) is 0 Å². The van der Waals surface area contributed by atoms with Gasteiger partial charge in [0.25, 0.3) is 0 Å². The van der Waals surface area contributed by atoms with Crippen molar-refractivity contribution in [1.29, 1.82) is 0 Å². The van der Waals surface area contributed by atoms with Gasteiger partial charge >= 0.3 is 11.9 Å². The second-order valence-corrected chi connectivity index (χ2v) is 4.66. The van der Waals surface area contributed by atoms with Gasteiger partial charge in [0.2, 0.25) is 0 Å². The van der Waals surface area contributed by atoms with Gasteiger partial charge in [0, 0.05) is 6.04 Å². The van der Waals surface area contributed by atoms with Crippen LogP contribution in [0.4, 0.5) is 0 Å². The molecule has 0 heterocycles. The quantitative estimate of drug-likeness (QED) is 0.720. The van der Waals surface area contributed by atoms with Crippen LogP contribution < -0.4 is 5.32 Å². The third-order valence-corrected chi connectivity index (χ3v) is 3.14. The standard InChI is InChI=1S/C12H13N.C4H6O4/c1-2-9-13-12-8-7-10-5-3-4-6-11(10)12;5-3(6)1-2-4(7)8/h1,3-6,12-13H,7-9H2;1-2H2,(H,5,6)(H,7,8)/t12-;/m1./s1. The van der Waals surface area contributed by atoms with Crippen molar-refractivity contribution in [3.8, 4) is 12.3 Å². The smallest absolute Gasteiger partial charge is 0.303 e. The second kappa shape index (κ2) is 8.77. The van der Waals surface area contributed by atoms with Crippen LogP contribution >= 0.6 is 0 Å². The van der Waals surface area contributed by atoms with E-state index in [4.69, 9.17) is 16.6 Å². The van der Waals surface area contributed by atoms with E-state index in [9.17, 15) is 9.59 Å². The summed E-state index contributed by atoms with van der Waals surface area (Å²) in [6.07, 6.45) is 6.98. The normalized spacial score (nSPS) is 15.3. The summed E-state index contributed by atoms with van der Waals surface area (Å²) in [5.74, 6) is 0.461. The molecule has 0 saturated heterocycles. The molecule has 1 atom stereocenters. The first-order valence-corrected chi connectivity index (χ1v) is 6.72. The minimum Gasteiger partial charge on any atom is -0.481 e. The molecule has 0 aromatic heterocycles. The number of carbonyl (C=O) groups is 2. The SMILES string of the molecule is C#CCN[C@@H]1CCc2ccccc21.O=C(O)CCC(=O)O. The van der Waals surface area contributed by atoms with Gasteiger partial charge in [-0.1, -0.05) is 30.2 Å². The highest BCUT2D eigenvalue weighted by Gasteiger charge is 2.20. The van der Waals surface area contributed by atoms with E-state index in [0.29, 0.717) is 12.6 Å². The predicted molar refractivity (Wildman–Crippen MR) is 78.8 cm³/mol. The monoisotopic (exact) mass is 289 g/mol. The molecule has 0 amide bonds. The second-order valence-electron chi connectivity index (χ2n) is 4.66. The third-order valence-electron chi connectivity index (χ3n) is 3.14. The maximum atomic E-state index is 9.64. The molecule has 112 valence electrons. The Balaban J connectivity index is 0.000000240. The van der Waals surface area contributed by atoms with Crippen LogP contribution in [0.15, 0.2) is 24.3 Å². The molecule has 0 radical (unpaired) electrons. The van der Waals surface area contributed by atoms with Gasteiger partial charge in [-0.2, -0.15) is 0 Å². The van der Waals surface area contributed by atoms with Crippen molar-refractivity contribution in [2.45, 2.75) is 31.7 Å². The number of aliphatic carboxylic acids is 2. The summed E-state index contributed by atoms with van der Waals surface area (Å²) in [7, 11) is 0. The highest BCUT2D eigenvalue weighted by Crippen LogP contribution is 2.30. The van der Waals surface area contributed by atoms with Crippen molar-refractivity contribution in [2.24, 2.45) is 0 Å². The molecule has 1 aliphatic carbocycles. The minimum atomic E-state index is -1.08. The average Bonchev–Trinajstić information content (AvgIpc) is 2.87. The lowest BCUT2D eigenvalue weighted by Crippen LogP contribution is -2.19. The summed E-state index contributed by atoms with van der Waals surface area (Å²) >= 11 is 0. The molecule has 5 heteroatoms. The first-order chi connectivity index (χ1) is 10.0. The molecule has 21 heavy (non-hydrogen) atoms. The molecule has 1 aliphatic rings. The zero-order valence-corrected chi connectivity index (χ0v) is 11.7. The summed E-state index contributed by atoms with van der Waals surface area (Å²) < 4.78 is 0. The van der Waals surface area contributed by atoms with Crippen molar-refractivity contribution in [2.75, 3.05) is 6.54 Å². The van der Waals surface area contributed by atoms with Crippen molar-refractivity contribution < 1.29 is 19.8 Å². The largest absolute Gasteiger partial charge is 0.481 e. The molecule has 5 nitrogen and oxygen atoms in total. The molecule has 2 rings (SSSR count). The Bertz CT molecular complexity index is 519. The Kier molecular flexibility index (Phi) is 6.99. The summed E-state index contributed by atoms with van der Waals surface area (Å²) in [5, 5.41) is 19.1. The number of hydrogen-bond donors (Lipinski definition) is 3. The summed E-state index contributed by atoms with van der Waals surface area (Å²) in [6.45, 7) is 0.666. The van der Waals surface area contributed by atoms with Crippen LogP contribution in [0.5, 0.6) is 0 Å². The molecule has 3 N–H and O–H groups in total. The molecule has 1 aromatic rings. The lowest BCUT2D eigenvalue weighted by atomic mass is 10.1. The van der Waals surface area contributed by atoms with Crippen molar-refractivity contribution in [1.82, 2.24) is 5.32 Å². The van der Waals surface area contributed by atoms with Gasteiger partial charge in [-0.3, -0.25) is 14.9 Å². The van der Waals surface area contributed by atoms with Crippen molar-refractivity contribution in [3.63, 3.8) is 0 Å². The molecule has 1 aromatic carbocycles. The Morgan fingerprint density at radius 2 is 1.86 bits per heavy atom. The maximum Gasteiger partial charge on any atom is 0.303 e. The summed E-state index contributed by atoms with van der Waals surface area (Å²) in [4.78, 5) is 19.3. The third kappa shape index (κ3) is 6.11. The Hall–Kier alpha value is -2.32. The van der Waals surface area contributed by atoms with Crippen molar-refractivity contribution in [3.05, 3.63) is 35.4 Å². The van der Waals surface area contributed by atoms with Crippen LogP contribution in [0.2, 0.25) is 0 Å². The number of aryl methyl sites for hydroxylation is 1. The lowest BCUT2D eigenvalue weighted by Gasteiger charge is -2.10. The highest BCUT2D eigenvalue weighted by molar-refractivity contribution is 5.75. The maximum absolute atomic E-state index is 9.64. The van der Waals surface area contributed by atoms with Gasteiger partial charge in [-0.25, -0.2) is 0 Å². The van der Waals surface area contributed by atoms with E-state index in [0.717, 1.165) is 0 Å². The van der Waals surface area contributed by atoms with Gasteiger partial charge in [-0.15, -0.1) is 6.42 Å². The fourth-order valence-corrected chi connectivity index (χ4v) is 2.17. The van der Waals surface area contributed by atoms with E-state index in [1.807, 2.05) is 0 Å². The number of terminal acetylenes is 1. The van der Waals surface area contributed by atoms with Crippen LogP contribution in [0.3, 0.4) is 0 Å². The topological polar surface area (TPSA) is 86.6 Å². The van der Waals surface area contributed by atoms with Gasteiger partial charge in [-0.05, 0) is 24.0 Å². The number of hydrogen-bond acceptors (Lipinski definition) is 3. The molecule has 0 unspecified atom stereocenters. The first kappa shape index (κ1) is 16.7. The molecule has 0 bridgehead atoms. The average molecular weight is 289 g/mol. The van der Waals surface area contributed by atoms with E-state index < -0.39 is 11.9 Å². The Labute approximate surface area is 124 Å². The fraction of sp³-hybridized carbons (Fsp3) is 0.375.